The van der Waals surface area contributed by atoms with Crippen molar-refractivity contribution in [3.8, 4) is 0 Å². The van der Waals surface area contributed by atoms with Crippen LogP contribution in [-0.4, -0.2) is 35.8 Å². The molecule has 2 heterocycles. The van der Waals surface area contributed by atoms with Crippen LogP contribution in [0.25, 0.3) is 6.08 Å². The fraction of sp³-hybridized carbons (Fsp3) is 0.500. The molecule has 0 aromatic carbocycles. The minimum absolute atomic E-state index is 0.159. The fourth-order valence-corrected chi connectivity index (χ4v) is 2.14. The standard InChI is InChI=1S/C16H22BFN2O3/c1-11(21)20-10-13(8-12-6-7-19-14(18)9-12)17-22-15(2,3)16(4,5)23-17/h6-9H,10H2,1-5H3,(H,20,21). The maximum atomic E-state index is 13.3. The van der Waals surface area contributed by atoms with E-state index >= 15 is 0 Å². The first-order valence-corrected chi connectivity index (χ1v) is 7.53. The highest BCUT2D eigenvalue weighted by atomic mass is 19.1. The van der Waals surface area contributed by atoms with Gasteiger partial charge in [0.1, 0.15) is 0 Å². The van der Waals surface area contributed by atoms with E-state index in [1.165, 1.54) is 19.2 Å². The van der Waals surface area contributed by atoms with Crippen LogP contribution in [0.2, 0.25) is 0 Å². The van der Waals surface area contributed by atoms with Crippen LogP contribution in [0.3, 0.4) is 0 Å². The van der Waals surface area contributed by atoms with Gasteiger partial charge >= 0.3 is 7.12 Å². The number of nitrogens with one attached hydrogen (secondary N) is 1. The third kappa shape index (κ3) is 4.17. The van der Waals surface area contributed by atoms with Gasteiger partial charge in [-0.15, -0.1) is 0 Å². The van der Waals surface area contributed by atoms with Crippen molar-refractivity contribution in [3.05, 3.63) is 35.3 Å². The largest absolute Gasteiger partial charge is 0.492 e. The highest BCUT2D eigenvalue weighted by molar-refractivity contribution is 6.56. The van der Waals surface area contributed by atoms with Gasteiger partial charge in [-0.05, 0) is 44.8 Å². The number of pyridine rings is 1. The van der Waals surface area contributed by atoms with Crippen molar-refractivity contribution in [2.24, 2.45) is 0 Å². The summed E-state index contributed by atoms with van der Waals surface area (Å²) in [5.41, 5.74) is 0.365. The number of halogens is 1. The first-order valence-electron chi connectivity index (χ1n) is 7.53. The summed E-state index contributed by atoms with van der Waals surface area (Å²) < 4.78 is 25.3. The van der Waals surface area contributed by atoms with Crippen LogP contribution in [0.1, 0.15) is 40.2 Å². The lowest BCUT2D eigenvalue weighted by atomic mass is 9.77. The number of amides is 1. The van der Waals surface area contributed by atoms with E-state index in [0.717, 1.165) is 0 Å². The van der Waals surface area contributed by atoms with Gasteiger partial charge in [0, 0.05) is 25.7 Å². The number of carbonyl (C=O) groups excluding carboxylic acids is 1. The average molecular weight is 320 g/mol. The van der Waals surface area contributed by atoms with Gasteiger partial charge in [0.15, 0.2) is 0 Å². The van der Waals surface area contributed by atoms with Crippen LogP contribution in [0, 0.1) is 5.95 Å². The molecule has 23 heavy (non-hydrogen) atoms. The zero-order valence-electron chi connectivity index (χ0n) is 14.1. The van der Waals surface area contributed by atoms with E-state index in [1.54, 1.807) is 12.1 Å². The molecule has 1 amide bonds. The van der Waals surface area contributed by atoms with Gasteiger partial charge < -0.3 is 14.6 Å². The first-order chi connectivity index (χ1) is 10.6. The number of hydrogen-bond acceptors (Lipinski definition) is 4. The summed E-state index contributed by atoms with van der Waals surface area (Å²) in [6.07, 6.45) is 3.14. The summed E-state index contributed by atoms with van der Waals surface area (Å²) in [5.74, 6) is -0.722. The van der Waals surface area contributed by atoms with E-state index in [9.17, 15) is 9.18 Å². The maximum absolute atomic E-state index is 13.3. The predicted octanol–water partition coefficient (Wildman–Crippen LogP) is 2.37. The van der Waals surface area contributed by atoms with Crippen molar-refractivity contribution in [2.45, 2.75) is 45.8 Å². The zero-order valence-corrected chi connectivity index (χ0v) is 14.1. The molecule has 0 unspecified atom stereocenters. The molecule has 5 nitrogen and oxygen atoms in total. The quantitative estimate of drug-likeness (QED) is 0.683. The summed E-state index contributed by atoms with van der Waals surface area (Å²) in [4.78, 5) is 14.8. The van der Waals surface area contributed by atoms with E-state index in [1.807, 2.05) is 27.7 Å². The average Bonchev–Trinajstić information content (AvgIpc) is 2.63. The van der Waals surface area contributed by atoms with E-state index in [4.69, 9.17) is 9.31 Å². The van der Waals surface area contributed by atoms with Crippen LogP contribution >= 0.6 is 0 Å². The first kappa shape index (κ1) is 17.6. The Hall–Kier alpha value is -1.73. The van der Waals surface area contributed by atoms with E-state index < -0.39 is 24.3 Å². The number of hydrogen-bond donors (Lipinski definition) is 1. The Labute approximate surface area is 136 Å². The molecule has 7 heteroatoms. The Morgan fingerprint density at radius 1 is 1.35 bits per heavy atom. The number of carbonyl (C=O) groups is 1. The molecule has 0 atom stereocenters. The molecule has 2 rings (SSSR count). The smallest absolute Gasteiger partial charge is 0.400 e. The second kappa shape index (κ2) is 6.41. The third-order valence-electron chi connectivity index (χ3n) is 4.20. The fourth-order valence-electron chi connectivity index (χ4n) is 2.14. The van der Waals surface area contributed by atoms with Crippen molar-refractivity contribution in [2.75, 3.05) is 6.54 Å². The molecule has 1 fully saturated rings. The van der Waals surface area contributed by atoms with Gasteiger partial charge in [0.25, 0.3) is 0 Å². The number of aromatic nitrogens is 1. The molecule has 1 N–H and O–H groups in total. The maximum Gasteiger partial charge on any atom is 0.492 e. The highest BCUT2D eigenvalue weighted by Gasteiger charge is 2.52. The molecule has 1 saturated heterocycles. The molecule has 0 aliphatic carbocycles. The Bertz CT molecular complexity index is 616. The molecule has 1 aromatic heterocycles. The topological polar surface area (TPSA) is 60.5 Å². The van der Waals surface area contributed by atoms with Crippen LogP contribution in [0.4, 0.5) is 4.39 Å². The molecule has 0 radical (unpaired) electrons. The van der Waals surface area contributed by atoms with E-state index in [0.29, 0.717) is 11.0 Å². The summed E-state index contributed by atoms with van der Waals surface area (Å²) >= 11 is 0. The van der Waals surface area contributed by atoms with E-state index in [2.05, 4.69) is 10.3 Å². The number of rotatable bonds is 4. The third-order valence-corrected chi connectivity index (χ3v) is 4.20. The number of nitrogens with zero attached hydrogens (tertiary/aromatic N) is 1. The second-order valence-electron chi connectivity index (χ2n) is 6.63. The molecule has 1 aromatic rings. The van der Waals surface area contributed by atoms with Crippen molar-refractivity contribution < 1.29 is 18.5 Å². The SMILES string of the molecule is CC(=O)NCC(=Cc1ccnc(F)c1)B1OC(C)(C)C(C)(C)O1. The monoisotopic (exact) mass is 320 g/mol. The van der Waals surface area contributed by atoms with Gasteiger partial charge in [0.05, 0.1) is 11.2 Å². The molecule has 1 aliphatic rings. The van der Waals surface area contributed by atoms with Gasteiger partial charge in [0.2, 0.25) is 11.9 Å². The predicted molar refractivity (Wildman–Crippen MR) is 86.9 cm³/mol. The molecule has 1 aliphatic heterocycles. The lowest BCUT2D eigenvalue weighted by molar-refractivity contribution is -0.118. The Kier molecular flexibility index (Phi) is 4.91. The normalized spacial score (nSPS) is 19.7. The van der Waals surface area contributed by atoms with Gasteiger partial charge in [-0.2, -0.15) is 4.39 Å². The summed E-state index contributed by atoms with van der Waals surface area (Å²) in [7, 11) is -0.608. The van der Waals surface area contributed by atoms with Crippen molar-refractivity contribution in [1.29, 1.82) is 0 Å². The van der Waals surface area contributed by atoms with Crippen molar-refractivity contribution in [3.63, 3.8) is 0 Å². The summed E-state index contributed by atoms with van der Waals surface area (Å²) in [6, 6.07) is 3.00. The van der Waals surface area contributed by atoms with Crippen LogP contribution in [0.5, 0.6) is 0 Å². The Morgan fingerprint density at radius 2 is 1.96 bits per heavy atom. The van der Waals surface area contributed by atoms with Crippen LogP contribution in [0.15, 0.2) is 23.8 Å². The molecular weight excluding hydrogens is 298 g/mol. The minimum Gasteiger partial charge on any atom is -0.400 e. The Balaban J connectivity index is 2.30. The van der Waals surface area contributed by atoms with E-state index in [-0.39, 0.29) is 12.5 Å². The van der Waals surface area contributed by atoms with Crippen molar-refractivity contribution in [1.82, 2.24) is 10.3 Å². The van der Waals surface area contributed by atoms with Gasteiger partial charge in [-0.3, -0.25) is 4.79 Å². The minimum atomic E-state index is -0.608. The molecule has 0 saturated carbocycles. The molecular formula is C16H22BFN2O3. The van der Waals surface area contributed by atoms with Gasteiger partial charge in [-0.25, -0.2) is 4.98 Å². The van der Waals surface area contributed by atoms with Crippen LogP contribution < -0.4 is 5.32 Å². The lowest BCUT2D eigenvalue weighted by Gasteiger charge is -2.32. The second-order valence-corrected chi connectivity index (χ2v) is 6.63. The molecule has 0 bridgehead atoms. The van der Waals surface area contributed by atoms with Gasteiger partial charge in [-0.1, -0.05) is 6.08 Å². The zero-order chi connectivity index (χ0) is 17.3. The summed E-state index contributed by atoms with van der Waals surface area (Å²) in [6.45, 7) is 9.51. The Morgan fingerprint density at radius 3 is 2.48 bits per heavy atom. The van der Waals surface area contributed by atoms with Crippen molar-refractivity contribution >= 4 is 19.1 Å². The molecule has 124 valence electrons. The molecule has 0 spiro atoms. The summed E-state index contributed by atoms with van der Waals surface area (Å²) in [5, 5.41) is 2.74. The lowest BCUT2D eigenvalue weighted by Crippen LogP contribution is -2.41. The highest BCUT2D eigenvalue weighted by Crippen LogP contribution is 2.38. The van der Waals surface area contributed by atoms with Crippen LogP contribution in [-0.2, 0) is 14.1 Å².